The second kappa shape index (κ2) is 7.14. The summed E-state index contributed by atoms with van der Waals surface area (Å²) in [6.07, 6.45) is 1.81. The number of hydrogen-bond donors (Lipinski definition) is 1. The molecule has 0 fully saturated rings. The van der Waals surface area contributed by atoms with E-state index in [4.69, 9.17) is 15.7 Å². The van der Waals surface area contributed by atoms with Gasteiger partial charge in [0.15, 0.2) is 0 Å². The van der Waals surface area contributed by atoms with Crippen molar-refractivity contribution in [3.8, 4) is 17.7 Å². The highest BCUT2D eigenvalue weighted by atomic mass is 16.5. The average molecular weight is 336 g/mol. The summed E-state index contributed by atoms with van der Waals surface area (Å²) >= 11 is 0. The molecular weight excluding hydrogens is 316 g/mol. The number of ether oxygens (including phenoxy) is 1. The van der Waals surface area contributed by atoms with Gasteiger partial charge in [-0.15, -0.1) is 0 Å². The molecule has 2 rings (SSSR count). The van der Waals surface area contributed by atoms with Crippen LogP contribution in [0.5, 0.6) is 11.6 Å². The smallest absolute Gasteiger partial charge is 0.255 e. The van der Waals surface area contributed by atoms with E-state index in [1.807, 2.05) is 32.9 Å². The lowest BCUT2D eigenvalue weighted by Crippen LogP contribution is -2.20. The number of nitrogens with two attached hydrogens (primary N) is 1. The number of primary amides is 1. The molecule has 6 heteroatoms. The monoisotopic (exact) mass is 336 g/mol. The molecule has 25 heavy (non-hydrogen) atoms. The highest BCUT2D eigenvalue weighted by Crippen LogP contribution is 2.27. The van der Waals surface area contributed by atoms with E-state index in [1.165, 1.54) is 6.20 Å². The van der Waals surface area contributed by atoms with E-state index in [9.17, 15) is 4.79 Å². The van der Waals surface area contributed by atoms with Crippen molar-refractivity contribution in [3.63, 3.8) is 0 Å². The first-order valence-electron chi connectivity index (χ1n) is 7.72. The maximum absolute atomic E-state index is 11.6. The van der Waals surface area contributed by atoms with Crippen molar-refractivity contribution in [2.45, 2.75) is 32.6 Å². The summed E-state index contributed by atoms with van der Waals surface area (Å²) in [4.78, 5) is 20.2. The van der Waals surface area contributed by atoms with Crippen molar-refractivity contribution in [1.82, 2.24) is 9.97 Å². The molecule has 1 aromatic heterocycles. The van der Waals surface area contributed by atoms with Gasteiger partial charge in [-0.2, -0.15) is 10.2 Å². The van der Waals surface area contributed by atoms with Gasteiger partial charge >= 0.3 is 0 Å². The Morgan fingerprint density at radius 1 is 1.40 bits per heavy atom. The summed E-state index contributed by atoms with van der Waals surface area (Å²) < 4.78 is 5.80. The first-order chi connectivity index (χ1) is 11.7. The summed E-state index contributed by atoms with van der Waals surface area (Å²) in [5.41, 5.74) is 6.52. The highest BCUT2D eigenvalue weighted by Gasteiger charge is 2.22. The molecule has 0 aliphatic heterocycles. The third-order valence-corrected chi connectivity index (χ3v) is 3.38. The molecule has 0 saturated heterocycles. The fourth-order valence-electron chi connectivity index (χ4n) is 2.09. The van der Waals surface area contributed by atoms with E-state index < -0.39 is 5.91 Å². The molecule has 2 aromatic rings. The largest absolute Gasteiger partial charge is 0.438 e. The lowest BCUT2D eigenvalue weighted by Gasteiger charge is -2.18. The Labute approximate surface area is 147 Å². The van der Waals surface area contributed by atoms with Crippen LogP contribution in [0.15, 0.2) is 42.6 Å². The highest BCUT2D eigenvalue weighted by molar-refractivity contribution is 5.94. The van der Waals surface area contributed by atoms with Crippen molar-refractivity contribution in [2.75, 3.05) is 0 Å². The summed E-state index contributed by atoms with van der Waals surface area (Å²) in [6, 6.07) is 9.18. The summed E-state index contributed by atoms with van der Waals surface area (Å²) in [5.74, 6) is 0.485. The van der Waals surface area contributed by atoms with E-state index >= 15 is 0 Å². The molecule has 0 atom stereocenters. The number of nitrogens with zero attached hydrogens (tertiary/aromatic N) is 3. The van der Waals surface area contributed by atoms with Gasteiger partial charge in [-0.1, -0.05) is 39.5 Å². The molecule has 1 amide bonds. The van der Waals surface area contributed by atoms with Crippen molar-refractivity contribution in [1.29, 1.82) is 5.26 Å². The molecule has 0 aliphatic carbocycles. The molecule has 0 bridgehead atoms. The molecule has 0 saturated carbocycles. The van der Waals surface area contributed by atoms with Crippen molar-refractivity contribution >= 4 is 5.91 Å². The summed E-state index contributed by atoms with van der Waals surface area (Å²) in [5, 5.41) is 8.86. The molecule has 0 aliphatic rings. The van der Waals surface area contributed by atoms with E-state index in [-0.39, 0.29) is 16.9 Å². The van der Waals surface area contributed by atoms with Gasteiger partial charge < -0.3 is 10.5 Å². The maximum Gasteiger partial charge on any atom is 0.255 e. The van der Waals surface area contributed by atoms with Crippen LogP contribution < -0.4 is 10.5 Å². The molecule has 1 aromatic carbocycles. The van der Waals surface area contributed by atoms with Crippen LogP contribution in [0.25, 0.3) is 0 Å². The number of rotatable bonds is 5. The van der Waals surface area contributed by atoms with Crippen LogP contribution in [-0.2, 0) is 11.8 Å². The van der Waals surface area contributed by atoms with Crippen LogP contribution in [-0.4, -0.2) is 15.9 Å². The zero-order chi connectivity index (χ0) is 18.6. The van der Waals surface area contributed by atoms with E-state index in [0.717, 1.165) is 5.56 Å². The number of benzene rings is 1. The van der Waals surface area contributed by atoms with E-state index in [1.54, 1.807) is 18.2 Å². The van der Waals surface area contributed by atoms with Gasteiger partial charge in [0.2, 0.25) is 5.88 Å². The third-order valence-electron chi connectivity index (χ3n) is 3.38. The zero-order valence-electron chi connectivity index (χ0n) is 14.5. The number of amides is 1. The number of nitriles is 1. The van der Waals surface area contributed by atoms with Crippen LogP contribution in [0.2, 0.25) is 0 Å². The van der Waals surface area contributed by atoms with E-state index in [2.05, 4.69) is 16.5 Å². The SMILES string of the molecule is C=C(C#N)Cc1cccc(Oc2nc(C(C)(C)C)ncc2C(N)=O)c1. The lowest BCUT2D eigenvalue weighted by molar-refractivity contribution is 0.0997. The van der Waals surface area contributed by atoms with Gasteiger partial charge in [0.05, 0.1) is 6.07 Å². The number of carbonyl (C=O) groups excluding carboxylic acids is 1. The molecule has 6 nitrogen and oxygen atoms in total. The third kappa shape index (κ3) is 4.64. The molecule has 0 radical (unpaired) electrons. The zero-order valence-corrected chi connectivity index (χ0v) is 14.5. The Morgan fingerprint density at radius 2 is 2.12 bits per heavy atom. The minimum atomic E-state index is -0.663. The predicted molar refractivity (Wildman–Crippen MR) is 94.2 cm³/mol. The summed E-state index contributed by atoms with van der Waals surface area (Å²) in [7, 11) is 0. The molecule has 1 heterocycles. The fourth-order valence-corrected chi connectivity index (χ4v) is 2.09. The first kappa shape index (κ1) is 18.1. The first-order valence-corrected chi connectivity index (χ1v) is 7.72. The second-order valence-electron chi connectivity index (χ2n) is 6.67. The van der Waals surface area contributed by atoms with Gasteiger partial charge in [-0.25, -0.2) is 4.98 Å². The van der Waals surface area contributed by atoms with Gasteiger partial charge in [-0.05, 0) is 17.7 Å². The van der Waals surface area contributed by atoms with Crippen molar-refractivity contribution in [3.05, 3.63) is 59.6 Å². The number of carbonyl (C=O) groups is 1. The number of hydrogen-bond acceptors (Lipinski definition) is 5. The van der Waals surface area contributed by atoms with Crippen LogP contribution >= 0.6 is 0 Å². The minimum absolute atomic E-state index is 0.111. The summed E-state index contributed by atoms with van der Waals surface area (Å²) in [6.45, 7) is 9.56. The Balaban J connectivity index is 2.39. The standard InChI is InChI=1S/C19H20N4O2/c1-12(10-20)8-13-6-5-7-14(9-13)25-17-15(16(21)24)11-22-18(23-17)19(2,3)4/h5-7,9,11H,1,8H2,2-4H3,(H2,21,24). The Kier molecular flexibility index (Phi) is 5.18. The minimum Gasteiger partial charge on any atom is -0.438 e. The predicted octanol–water partition coefficient (Wildman–Crippen LogP) is 3.29. The molecule has 0 spiro atoms. The lowest BCUT2D eigenvalue weighted by atomic mass is 9.95. The quantitative estimate of drug-likeness (QED) is 0.844. The van der Waals surface area contributed by atoms with Gasteiger partial charge in [0, 0.05) is 23.6 Å². The fraction of sp³-hybridized carbons (Fsp3) is 0.263. The normalized spacial score (nSPS) is 10.8. The van der Waals surface area contributed by atoms with Gasteiger partial charge in [0.1, 0.15) is 17.1 Å². The maximum atomic E-state index is 11.6. The van der Waals surface area contributed by atoms with Crippen LogP contribution in [0.1, 0.15) is 42.5 Å². The van der Waals surface area contributed by atoms with Crippen LogP contribution in [0.3, 0.4) is 0 Å². The molecule has 0 unspecified atom stereocenters. The second-order valence-corrected chi connectivity index (χ2v) is 6.67. The van der Waals surface area contributed by atoms with Crippen molar-refractivity contribution in [2.24, 2.45) is 5.73 Å². The Hall–Kier alpha value is -3.20. The van der Waals surface area contributed by atoms with Gasteiger partial charge in [-0.3, -0.25) is 4.79 Å². The molecule has 2 N–H and O–H groups in total. The Bertz CT molecular complexity index is 860. The topological polar surface area (TPSA) is 102 Å². The average Bonchev–Trinajstić information content (AvgIpc) is 2.54. The van der Waals surface area contributed by atoms with Crippen molar-refractivity contribution < 1.29 is 9.53 Å². The molecular formula is C19H20N4O2. The molecule has 128 valence electrons. The number of aromatic nitrogens is 2. The number of allylic oxidation sites excluding steroid dienone is 1. The van der Waals surface area contributed by atoms with Gasteiger partial charge in [0.25, 0.3) is 5.91 Å². The Morgan fingerprint density at radius 3 is 2.72 bits per heavy atom. The van der Waals surface area contributed by atoms with E-state index in [0.29, 0.717) is 23.6 Å². The van der Waals surface area contributed by atoms with Crippen LogP contribution in [0.4, 0.5) is 0 Å². The van der Waals surface area contributed by atoms with Crippen LogP contribution in [0, 0.1) is 11.3 Å².